The van der Waals surface area contributed by atoms with Crippen molar-refractivity contribution >= 4 is 10.1 Å². The summed E-state index contributed by atoms with van der Waals surface area (Å²) in [5.74, 6) is 5.26. The summed E-state index contributed by atoms with van der Waals surface area (Å²) in [7, 11) is -5.68. The van der Waals surface area contributed by atoms with Crippen molar-refractivity contribution in [3.8, 4) is 17.6 Å². The molecule has 7 heteroatoms. The fourth-order valence-corrected chi connectivity index (χ4v) is 2.09. The predicted molar refractivity (Wildman–Crippen MR) is 77.9 cm³/mol. The van der Waals surface area contributed by atoms with Crippen LogP contribution in [-0.2, 0) is 10.1 Å². The second-order valence-electron chi connectivity index (χ2n) is 4.94. The molecule has 1 aromatic carbocycles. The van der Waals surface area contributed by atoms with Gasteiger partial charge in [0.05, 0.1) is 0 Å². The first-order valence-electron chi connectivity index (χ1n) is 6.72. The summed E-state index contributed by atoms with van der Waals surface area (Å²) in [5, 5.41) is 0. The van der Waals surface area contributed by atoms with E-state index in [1.807, 2.05) is 6.92 Å². The first-order chi connectivity index (χ1) is 10.1. The van der Waals surface area contributed by atoms with E-state index in [2.05, 4.69) is 16.0 Å². The average molecular weight is 334 g/mol. The zero-order chi connectivity index (χ0) is 17.0. The van der Waals surface area contributed by atoms with Crippen LogP contribution in [-0.4, -0.2) is 13.9 Å². The van der Waals surface area contributed by atoms with E-state index < -0.39 is 15.6 Å². The molecule has 0 aromatic heterocycles. The van der Waals surface area contributed by atoms with Crippen LogP contribution in [0.1, 0.15) is 50.7 Å². The molecular weight excluding hydrogens is 317 g/mol. The smallest absolute Gasteiger partial charge is 0.376 e. The Morgan fingerprint density at radius 1 is 1.27 bits per heavy atom. The quantitative estimate of drug-likeness (QED) is 0.471. The number of hydrogen-bond donors (Lipinski definition) is 0. The Hall–Kier alpha value is -1.68. The third kappa shape index (κ3) is 4.67. The highest BCUT2D eigenvalue weighted by molar-refractivity contribution is 7.88. The van der Waals surface area contributed by atoms with Gasteiger partial charge >= 0.3 is 15.6 Å². The second-order valence-corrected chi connectivity index (χ2v) is 6.48. The number of rotatable bonds is 4. The van der Waals surface area contributed by atoms with Crippen LogP contribution < -0.4 is 4.18 Å². The van der Waals surface area contributed by atoms with E-state index in [4.69, 9.17) is 0 Å². The van der Waals surface area contributed by atoms with Crippen molar-refractivity contribution in [2.24, 2.45) is 0 Å². The van der Waals surface area contributed by atoms with Crippen LogP contribution in [0.4, 0.5) is 13.2 Å². The van der Waals surface area contributed by atoms with Crippen molar-refractivity contribution in [3.05, 3.63) is 29.3 Å². The summed E-state index contributed by atoms with van der Waals surface area (Å²) < 4.78 is 63.7. The van der Waals surface area contributed by atoms with Gasteiger partial charge in [0.1, 0.15) is 5.75 Å². The number of hydrogen-bond acceptors (Lipinski definition) is 3. The molecule has 3 nitrogen and oxygen atoms in total. The van der Waals surface area contributed by atoms with Gasteiger partial charge < -0.3 is 4.18 Å². The molecule has 0 saturated carbocycles. The van der Waals surface area contributed by atoms with Gasteiger partial charge in [-0.1, -0.05) is 32.6 Å². The largest absolute Gasteiger partial charge is 0.534 e. The van der Waals surface area contributed by atoms with E-state index in [-0.39, 0.29) is 11.7 Å². The summed E-state index contributed by atoms with van der Waals surface area (Å²) in [4.78, 5) is 0. The highest BCUT2D eigenvalue weighted by atomic mass is 32.2. The van der Waals surface area contributed by atoms with E-state index in [1.165, 1.54) is 12.1 Å². The molecular formula is C15H17F3O3S. The Morgan fingerprint density at radius 3 is 2.41 bits per heavy atom. The van der Waals surface area contributed by atoms with Gasteiger partial charge in [-0.15, -0.1) is 0 Å². The van der Waals surface area contributed by atoms with Gasteiger partial charge in [0.2, 0.25) is 0 Å². The molecule has 0 saturated heterocycles. The lowest BCUT2D eigenvalue weighted by molar-refractivity contribution is -0.0500. The van der Waals surface area contributed by atoms with Gasteiger partial charge in [-0.3, -0.25) is 0 Å². The minimum absolute atomic E-state index is 0.216. The van der Waals surface area contributed by atoms with Crippen molar-refractivity contribution in [1.29, 1.82) is 0 Å². The molecule has 0 heterocycles. The minimum Gasteiger partial charge on any atom is -0.376 e. The monoisotopic (exact) mass is 334 g/mol. The Labute approximate surface area is 128 Å². The zero-order valence-corrected chi connectivity index (χ0v) is 13.3. The highest BCUT2D eigenvalue weighted by Gasteiger charge is 2.48. The Morgan fingerprint density at radius 2 is 1.91 bits per heavy atom. The Bertz CT molecular complexity index is 680. The van der Waals surface area contributed by atoms with Gasteiger partial charge in [-0.2, -0.15) is 21.6 Å². The summed E-state index contributed by atoms with van der Waals surface area (Å²) in [6.45, 7) is 5.43. The van der Waals surface area contributed by atoms with Crippen LogP contribution in [0.15, 0.2) is 18.2 Å². The van der Waals surface area contributed by atoms with Gasteiger partial charge in [0.25, 0.3) is 0 Å². The maximum Gasteiger partial charge on any atom is 0.534 e. The fourth-order valence-electron chi connectivity index (χ4n) is 1.61. The molecule has 0 aliphatic carbocycles. The number of benzene rings is 1. The standard InChI is InChI=1S/C15H17F3O3S/c1-4-5-6-7-12-8-9-14(13(10-12)11(2)3)21-22(19,20)15(16,17)18/h8-11H,4-5H2,1-3H3. The van der Waals surface area contributed by atoms with Gasteiger partial charge in [0.15, 0.2) is 0 Å². The van der Waals surface area contributed by atoms with Gasteiger partial charge in [0, 0.05) is 12.0 Å². The van der Waals surface area contributed by atoms with Crippen LogP contribution in [0, 0.1) is 11.8 Å². The molecule has 0 bridgehead atoms. The number of alkyl halides is 3. The van der Waals surface area contributed by atoms with Gasteiger partial charge in [-0.05, 0) is 36.1 Å². The maximum atomic E-state index is 12.4. The molecule has 1 aromatic rings. The van der Waals surface area contributed by atoms with Crippen molar-refractivity contribution in [3.63, 3.8) is 0 Å². The molecule has 0 unspecified atom stereocenters. The van der Waals surface area contributed by atoms with Crippen molar-refractivity contribution < 1.29 is 25.8 Å². The highest BCUT2D eigenvalue weighted by Crippen LogP contribution is 2.32. The molecule has 0 N–H and O–H groups in total. The van der Waals surface area contributed by atoms with Crippen molar-refractivity contribution in [2.45, 2.75) is 45.0 Å². The lowest BCUT2D eigenvalue weighted by atomic mass is 10.00. The van der Waals surface area contributed by atoms with E-state index in [9.17, 15) is 21.6 Å². The third-order valence-corrected chi connectivity index (χ3v) is 3.69. The molecule has 0 atom stereocenters. The molecule has 0 aliphatic rings. The Balaban J connectivity index is 3.20. The first-order valence-corrected chi connectivity index (χ1v) is 8.13. The third-order valence-electron chi connectivity index (χ3n) is 2.72. The molecule has 0 aliphatic heterocycles. The van der Waals surface area contributed by atoms with Crippen LogP contribution in [0.5, 0.6) is 5.75 Å². The molecule has 1 rings (SSSR count). The molecule has 0 amide bonds. The molecule has 122 valence electrons. The summed E-state index contributed by atoms with van der Waals surface area (Å²) >= 11 is 0. The van der Waals surface area contributed by atoms with E-state index in [0.717, 1.165) is 6.42 Å². The molecule has 0 fully saturated rings. The van der Waals surface area contributed by atoms with Gasteiger partial charge in [-0.25, -0.2) is 0 Å². The van der Waals surface area contributed by atoms with E-state index >= 15 is 0 Å². The van der Waals surface area contributed by atoms with E-state index in [1.54, 1.807) is 19.9 Å². The maximum absolute atomic E-state index is 12.4. The predicted octanol–water partition coefficient (Wildman–Crippen LogP) is 4.19. The SMILES string of the molecule is CCCC#Cc1ccc(OS(=O)(=O)C(F)(F)F)c(C(C)C)c1. The summed E-state index contributed by atoms with van der Waals surface area (Å²) in [6, 6.07) is 4.19. The Kier molecular flexibility index (Phi) is 5.89. The van der Waals surface area contributed by atoms with Crippen molar-refractivity contribution in [1.82, 2.24) is 0 Å². The summed E-state index contributed by atoms with van der Waals surface area (Å²) in [5.41, 5.74) is -4.49. The topological polar surface area (TPSA) is 43.4 Å². The lowest BCUT2D eigenvalue weighted by Gasteiger charge is -2.15. The zero-order valence-electron chi connectivity index (χ0n) is 12.5. The summed E-state index contributed by atoms with van der Waals surface area (Å²) in [6.07, 6.45) is 1.60. The van der Waals surface area contributed by atoms with Crippen LogP contribution in [0.3, 0.4) is 0 Å². The number of halogens is 3. The number of unbranched alkanes of at least 4 members (excludes halogenated alkanes) is 1. The van der Waals surface area contributed by atoms with Crippen LogP contribution in [0.2, 0.25) is 0 Å². The van der Waals surface area contributed by atoms with E-state index in [0.29, 0.717) is 17.5 Å². The first kappa shape index (κ1) is 18.4. The van der Waals surface area contributed by atoms with Crippen LogP contribution >= 0.6 is 0 Å². The molecule has 0 radical (unpaired) electrons. The molecule has 0 spiro atoms. The normalized spacial score (nSPS) is 12.0. The average Bonchev–Trinajstić information content (AvgIpc) is 2.38. The van der Waals surface area contributed by atoms with Crippen molar-refractivity contribution in [2.75, 3.05) is 0 Å². The minimum atomic E-state index is -5.68. The second kappa shape index (κ2) is 7.05. The lowest BCUT2D eigenvalue weighted by Crippen LogP contribution is -2.28. The molecule has 22 heavy (non-hydrogen) atoms. The fraction of sp³-hybridized carbons (Fsp3) is 0.467. The van der Waals surface area contributed by atoms with Crippen LogP contribution in [0.25, 0.3) is 0 Å².